The van der Waals surface area contributed by atoms with E-state index in [1.54, 1.807) is 30.3 Å². The van der Waals surface area contributed by atoms with E-state index in [1.807, 2.05) is 13.0 Å². The van der Waals surface area contributed by atoms with Crippen LogP contribution in [0.4, 0.5) is 17.2 Å². The standard InChI is InChI=1S/C13H11ClN4/c1-8-12(16)4-5-13(17-8)18-10-3-2-9(7-15)11(14)6-10/h2-6H,16H2,1H3,(H,17,18). The Morgan fingerprint density at radius 2 is 2.11 bits per heavy atom. The molecule has 0 saturated heterocycles. The highest BCUT2D eigenvalue weighted by atomic mass is 35.5. The molecule has 0 atom stereocenters. The van der Waals surface area contributed by atoms with Crippen molar-refractivity contribution in [3.05, 3.63) is 46.6 Å². The van der Waals surface area contributed by atoms with Crippen molar-refractivity contribution >= 4 is 28.8 Å². The van der Waals surface area contributed by atoms with Gasteiger partial charge in [-0.15, -0.1) is 0 Å². The molecule has 0 bridgehead atoms. The van der Waals surface area contributed by atoms with Crippen LogP contribution >= 0.6 is 11.6 Å². The van der Waals surface area contributed by atoms with Gasteiger partial charge >= 0.3 is 0 Å². The van der Waals surface area contributed by atoms with Gasteiger partial charge in [-0.3, -0.25) is 0 Å². The molecule has 18 heavy (non-hydrogen) atoms. The molecule has 4 nitrogen and oxygen atoms in total. The average Bonchev–Trinajstić information content (AvgIpc) is 2.34. The Labute approximate surface area is 110 Å². The van der Waals surface area contributed by atoms with E-state index in [1.165, 1.54) is 0 Å². The second-order valence-electron chi connectivity index (χ2n) is 3.80. The number of hydrogen-bond acceptors (Lipinski definition) is 4. The minimum Gasteiger partial charge on any atom is -0.397 e. The van der Waals surface area contributed by atoms with E-state index in [2.05, 4.69) is 10.3 Å². The predicted octanol–water partition coefficient (Wildman–Crippen LogP) is 3.24. The molecule has 0 unspecified atom stereocenters. The maximum atomic E-state index is 8.78. The summed E-state index contributed by atoms with van der Waals surface area (Å²) >= 11 is 5.95. The highest BCUT2D eigenvalue weighted by Gasteiger charge is 2.03. The van der Waals surface area contributed by atoms with Crippen molar-refractivity contribution in [2.24, 2.45) is 0 Å². The lowest BCUT2D eigenvalue weighted by Crippen LogP contribution is -1.98. The Balaban J connectivity index is 2.26. The summed E-state index contributed by atoms with van der Waals surface area (Å²) < 4.78 is 0. The van der Waals surface area contributed by atoms with Gasteiger partial charge in [-0.2, -0.15) is 5.26 Å². The fourth-order valence-electron chi connectivity index (χ4n) is 1.47. The highest BCUT2D eigenvalue weighted by Crippen LogP contribution is 2.23. The normalized spacial score (nSPS) is 9.83. The number of nitriles is 1. The molecule has 0 aliphatic rings. The number of aromatic nitrogens is 1. The molecule has 2 rings (SSSR count). The fraction of sp³-hybridized carbons (Fsp3) is 0.0769. The highest BCUT2D eigenvalue weighted by molar-refractivity contribution is 6.32. The molecule has 2 aromatic rings. The van der Waals surface area contributed by atoms with Crippen LogP contribution in [0.25, 0.3) is 0 Å². The molecule has 0 saturated carbocycles. The van der Waals surface area contributed by atoms with Crippen LogP contribution in [0.1, 0.15) is 11.3 Å². The van der Waals surface area contributed by atoms with E-state index in [0.717, 1.165) is 11.4 Å². The number of pyridine rings is 1. The van der Waals surface area contributed by atoms with E-state index in [-0.39, 0.29) is 0 Å². The first-order chi connectivity index (χ1) is 8.60. The van der Waals surface area contributed by atoms with Gasteiger partial charge in [-0.05, 0) is 37.3 Å². The number of rotatable bonds is 2. The molecular formula is C13H11ClN4. The number of nitrogens with zero attached hydrogens (tertiary/aromatic N) is 2. The molecule has 0 aliphatic heterocycles. The SMILES string of the molecule is Cc1nc(Nc2ccc(C#N)c(Cl)c2)ccc1N. The number of benzene rings is 1. The first-order valence-corrected chi connectivity index (χ1v) is 5.68. The second kappa shape index (κ2) is 4.94. The van der Waals surface area contributed by atoms with Crippen LogP contribution in [0, 0.1) is 18.3 Å². The van der Waals surface area contributed by atoms with Crippen molar-refractivity contribution in [3.8, 4) is 6.07 Å². The smallest absolute Gasteiger partial charge is 0.130 e. The van der Waals surface area contributed by atoms with Gasteiger partial charge in [0, 0.05) is 5.69 Å². The molecule has 0 spiro atoms. The van der Waals surface area contributed by atoms with Gasteiger partial charge in [0.2, 0.25) is 0 Å². The lowest BCUT2D eigenvalue weighted by Gasteiger charge is -2.08. The third-order valence-corrected chi connectivity index (χ3v) is 2.80. The Morgan fingerprint density at radius 3 is 2.72 bits per heavy atom. The summed E-state index contributed by atoms with van der Waals surface area (Å²) in [6, 6.07) is 10.7. The van der Waals surface area contributed by atoms with E-state index in [4.69, 9.17) is 22.6 Å². The summed E-state index contributed by atoms with van der Waals surface area (Å²) in [6.45, 7) is 1.84. The van der Waals surface area contributed by atoms with Crippen LogP contribution < -0.4 is 11.1 Å². The van der Waals surface area contributed by atoms with E-state index in [0.29, 0.717) is 22.1 Å². The quantitative estimate of drug-likeness (QED) is 0.867. The molecule has 0 amide bonds. The summed E-state index contributed by atoms with van der Waals surface area (Å²) in [6.07, 6.45) is 0. The molecular weight excluding hydrogens is 248 g/mol. The fourth-order valence-corrected chi connectivity index (χ4v) is 1.70. The van der Waals surface area contributed by atoms with E-state index in [9.17, 15) is 0 Å². The first kappa shape index (κ1) is 12.2. The summed E-state index contributed by atoms with van der Waals surface area (Å²) in [4.78, 5) is 4.30. The second-order valence-corrected chi connectivity index (χ2v) is 4.21. The van der Waals surface area contributed by atoms with Gasteiger partial charge in [-0.1, -0.05) is 11.6 Å². The Kier molecular flexibility index (Phi) is 3.35. The van der Waals surface area contributed by atoms with Gasteiger partial charge in [0.15, 0.2) is 0 Å². The Bertz CT molecular complexity index is 631. The van der Waals surface area contributed by atoms with E-state index >= 15 is 0 Å². The van der Waals surface area contributed by atoms with Crippen molar-refractivity contribution in [2.75, 3.05) is 11.1 Å². The first-order valence-electron chi connectivity index (χ1n) is 5.30. The average molecular weight is 259 g/mol. The molecule has 0 radical (unpaired) electrons. The molecule has 5 heteroatoms. The van der Waals surface area contributed by atoms with Crippen LogP contribution in [0.3, 0.4) is 0 Å². The zero-order valence-corrected chi connectivity index (χ0v) is 10.5. The monoisotopic (exact) mass is 258 g/mol. The molecule has 1 aromatic carbocycles. The van der Waals surface area contributed by atoms with Crippen molar-refractivity contribution in [1.29, 1.82) is 5.26 Å². The largest absolute Gasteiger partial charge is 0.397 e. The Morgan fingerprint density at radius 1 is 1.33 bits per heavy atom. The third-order valence-electron chi connectivity index (χ3n) is 2.49. The van der Waals surface area contributed by atoms with Crippen molar-refractivity contribution in [1.82, 2.24) is 4.98 Å². The molecule has 1 aromatic heterocycles. The predicted molar refractivity (Wildman–Crippen MR) is 72.8 cm³/mol. The molecule has 0 fully saturated rings. The lowest BCUT2D eigenvalue weighted by atomic mass is 10.2. The number of hydrogen-bond donors (Lipinski definition) is 2. The number of nitrogens with one attached hydrogen (secondary N) is 1. The maximum absolute atomic E-state index is 8.78. The van der Waals surface area contributed by atoms with E-state index < -0.39 is 0 Å². The molecule has 0 aliphatic carbocycles. The molecule has 1 heterocycles. The number of aryl methyl sites for hydroxylation is 1. The number of halogens is 1. The number of nitrogens with two attached hydrogens (primary N) is 1. The number of nitrogen functional groups attached to an aromatic ring is 1. The minimum atomic E-state index is 0.412. The van der Waals surface area contributed by atoms with Crippen molar-refractivity contribution in [3.63, 3.8) is 0 Å². The van der Waals surface area contributed by atoms with Crippen LogP contribution in [0.2, 0.25) is 5.02 Å². The van der Waals surface area contributed by atoms with Gasteiger partial charge in [0.1, 0.15) is 11.9 Å². The minimum absolute atomic E-state index is 0.412. The van der Waals surface area contributed by atoms with Gasteiger partial charge in [0.05, 0.1) is 22.0 Å². The maximum Gasteiger partial charge on any atom is 0.130 e. The van der Waals surface area contributed by atoms with Gasteiger partial charge in [0.25, 0.3) is 0 Å². The number of anilines is 3. The lowest BCUT2D eigenvalue weighted by molar-refractivity contribution is 1.20. The zero-order valence-electron chi connectivity index (χ0n) is 9.74. The van der Waals surface area contributed by atoms with Crippen molar-refractivity contribution < 1.29 is 0 Å². The van der Waals surface area contributed by atoms with Gasteiger partial charge < -0.3 is 11.1 Å². The topological polar surface area (TPSA) is 74.7 Å². The summed E-state index contributed by atoms with van der Waals surface area (Å²) in [5.41, 5.74) is 8.33. The third kappa shape index (κ3) is 2.53. The summed E-state index contributed by atoms with van der Waals surface area (Å²) in [7, 11) is 0. The van der Waals surface area contributed by atoms with Crippen LogP contribution in [0.5, 0.6) is 0 Å². The van der Waals surface area contributed by atoms with Crippen molar-refractivity contribution in [2.45, 2.75) is 6.92 Å². The summed E-state index contributed by atoms with van der Waals surface area (Å²) in [5, 5.41) is 12.3. The van der Waals surface area contributed by atoms with Crippen LogP contribution in [0.15, 0.2) is 30.3 Å². The zero-order chi connectivity index (χ0) is 13.1. The van der Waals surface area contributed by atoms with Gasteiger partial charge in [-0.25, -0.2) is 4.98 Å². The van der Waals surface area contributed by atoms with Crippen LogP contribution in [-0.4, -0.2) is 4.98 Å². The summed E-state index contributed by atoms with van der Waals surface area (Å²) in [5.74, 6) is 0.683. The Hall–Kier alpha value is -2.25. The molecule has 3 N–H and O–H groups in total. The molecule has 90 valence electrons. The van der Waals surface area contributed by atoms with Crippen LogP contribution in [-0.2, 0) is 0 Å².